The van der Waals surface area contributed by atoms with Crippen molar-refractivity contribution in [3.05, 3.63) is 48.2 Å². The Morgan fingerprint density at radius 1 is 1.06 bits per heavy atom. The monoisotopic (exact) mass is 244 g/mol. The van der Waals surface area contributed by atoms with Crippen molar-refractivity contribution in [3.8, 4) is 0 Å². The van der Waals surface area contributed by atoms with Crippen LogP contribution in [0.5, 0.6) is 0 Å². The molecule has 0 aromatic heterocycles. The van der Waals surface area contributed by atoms with Crippen LogP contribution < -0.4 is 0 Å². The van der Waals surface area contributed by atoms with Crippen LogP contribution in [0.4, 0.5) is 0 Å². The summed E-state index contributed by atoms with van der Waals surface area (Å²) < 4.78 is 17.6. The summed E-state index contributed by atoms with van der Waals surface area (Å²) >= 11 is 0. The van der Waals surface area contributed by atoms with Gasteiger partial charge in [-0.3, -0.25) is 0 Å². The average Bonchev–Trinajstić information content (AvgIpc) is 2.99. The zero-order valence-electron chi connectivity index (χ0n) is 10.1. The highest BCUT2D eigenvalue weighted by Crippen LogP contribution is 2.45. The van der Waals surface area contributed by atoms with E-state index in [1.165, 1.54) is 0 Å². The fourth-order valence-corrected chi connectivity index (χ4v) is 3.29. The van der Waals surface area contributed by atoms with Crippen molar-refractivity contribution in [1.82, 2.24) is 0 Å². The van der Waals surface area contributed by atoms with E-state index in [9.17, 15) is 0 Å². The van der Waals surface area contributed by atoms with E-state index < -0.39 is 0 Å². The molecule has 4 rings (SSSR count). The van der Waals surface area contributed by atoms with E-state index in [2.05, 4.69) is 18.2 Å². The van der Waals surface area contributed by atoms with Crippen LogP contribution >= 0.6 is 0 Å². The first-order valence-corrected chi connectivity index (χ1v) is 6.56. The molecule has 2 aliphatic heterocycles. The molecule has 0 amide bonds. The maximum absolute atomic E-state index is 6.10. The normalized spacial score (nSPS) is 41.2. The summed E-state index contributed by atoms with van der Waals surface area (Å²) in [6.45, 7) is 0.763. The first-order chi connectivity index (χ1) is 8.92. The van der Waals surface area contributed by atoms with Crippen molar-refractivity contribution in [2.24, 2.45) is 11.8 Å². The largest absolute Gasteiger partial charge is 0.498 e. The summed E-state index contributed by atoms with van der Waals surface area (Å²) in [6.07, 6.45) is 5.33. The van der Waals surface area contributed by atoms with Gasteiger partial charge in [-0.05, 0) is 6.08 Å². The molecule has 0 spiro atoms. The van der Waals surface area contributed by atoms with Crippen LogP contribution in [0.1, 0.15) is 18.3 Å². The van der Waals surface area contributed by atoms with E-state index in [4.69, 9.17) is 14.2 Å². The lowest BCUT2D eigenvalue weighted by molar-refractivity contribution is -0.236. The Morgan fingerprint density at radius 3 is 2.83 bits per heavy atom. The second-order valence-electron chi connectivity index (χ2n) is 5.23. The lowest BCUT2D eigenvalue weighted by atomic mass is 9.94. The van der Waals surface area contributed by atoms with Gasteiger partial charge >= 0.3 is 0 Å². The SMILES string of the molecule is C1=C[C@H]2[C@@H]3COC(c4ccccc4)O[C@H]3C[C@H]2O1. The van der Waals surface area contributed by atoms with Crippen LogP contribution in [0.15, 0.2) is 42.7 Å². The lowest BCUT2D eigenvalue weighted by Crippen LogP contribution is -2.34. The molecule has 1 saturated carbocycles. The molecule has 3 nitrogen and oxygen atoms in total. The maximum atomic E-state index is 6.10. The zero-order chi connectivity index (χ0) is 11.9. The molecular formula is C15H16O3. The number of rotatable bonds is 1. The van der Waals surface area contributed by atoms with E-state index in [0.29, 0.717) is 17.9 Å². The van der Waals surface area contributed by atoms with E-state index in [1.54, 1.807) is 0 Å². The Labute approximate surface area is 106 Å². The van der Waals surface area contributed by atoms with Gasteiger partial charge in [-0.25, -0.2) is 0 Å². The van der Waals surface area contributed by atoms with E-state index in [1.807, 2.05) is 24.5 Å². The summed E-state index contributed by atoms with van der Waals surface area (Å²) in [5, 5.41) is 0. The number of benzene rings is 1. The number of hydrogen-bond acceptors (Lipinski definition) is 3. The minimum absolute atomic E-state index is 0.213. The summed E-state index contributed by atoms with van der Waals surface area (Å²) in [7, 11) is 0. The fourth-order valence-electron chi connectivity index (χ4n) is 3.29. The van der Waals surface area contributed by atoms with Gasteiger partial charge in [0.05, 0.1) is 19.0 Å². The highest BCUT2D eigenvalue weighted by atomic mass is 16.7. The van der Waals surface area contributed by atoms with Gasteiger partial charge in [-0.2, -0.15) is 0 Å². The molecule has 2 fully saturated rings. The summed E-state index contributed by atoms with van der Waals surface area (Å²) in [5.41, 5.74) is 1.10. The number of ether oxygens (including phenoxy) is 3. The van der Waals surface area contributed by atoms with Gasteiger partial charge in [-0.1, -0.05) is 30.3 Å². The first kappa shape index (κ1) is 10.6. The Bertz CT molecular complexity index is 456. The summed E-state index contributed by atoms with van der Waals surface area (Å²) in [5.74, 6) is 0.931. The molecule has 3 heteroatoms. The first-order valence-electron chi connectivity index (χ1n) is 6.56. The second kappa shape index (κ2) is 4.11. The highest BCUT2D eigenvalue weighted by molar-refractivity contribution is 5.17. The minimum atomic E-state index is -0.213. The molecule has 1 aromatic rings. The summed E-state index contributed by atoms with van der Waals surface area (Å²) in [4.78, 5) is 0. The van der Waals surface area contributed by atoms with Crippen molar-refractivity contribution >= 4 is 0 Å². The van der Waals surface area contributed by atoms with Crippen molar-refractivity contribution in [1.29, 1.82) is 0 Å². The topological polar surface area (TPSA) is 27.7 Å². The predicted octanol–water partition coefficient (Wildman–Crippen LogP) is 2.65. The molecule has 1 unspecified atom stereocenters. The fraction of sp³-hybridized carbons (Fsp3) is 0.467. The minimum Gasteiger partial charge on any atom is -0.498 e. The van der Waals surface area contributed by atoms with E-state index >= 15 is 0 Å². The molecule has 0 N–H and O–H groups in total. The molecule has 18 heavy (non-hydrogen) atoms. The molecule has 1 aliphatic carbocycles. The third-order valence-corrected chi connectivity index (χ3v) is 4.23. The van der Waals surface area contributed by atoms with Crippen molar-refractivity contribution in [2.75, 3.05) is 6.61 Å². The van der Waals surface area contributed by atoms with Crippen LogP contribution in [0.2, 0.25) is 0 Å². The second-order valence-corrected chi connectivity index (χ2v) is 5.23. The van der Waals surface area contributed by atoms with Crippen LogP contribution in [-0.4, -0.2) is 18.8 Å². The van der Waals surface area contributed by atoms with Crippen LogP contribution in [-0.2, 0) is 14.2 Å². The molecule has 3 aliphatic rings. The molecule has 1 aromatic carbocycles. The van der Waals surface area contributed by atoms with Gasteiger partial charge in [0.25, 0.3) is 0 Å². The van der Waals surface area contributed by atoms with E-state index in [0.717, 1.165) is 18.6 Å². The predicted molar refractivity (Wildman–Crippen MR) is 65.6 cm³/mol. The Kier molecular flexibility index (Phi) is 2.42. The number of fused-ring (bicyclic) bond motifs is 3. The highest BCUT2D eigenvalue weighted by Gasteiger charge is 2.49. The third kappa shape index (κ3) is 1.58. The van der Waals surface area contributed by atoms with Gasteiger partial charge in [0.2, 0.25) is 0 Å². The van der Waals surface area contributed by atoms with Crippen LogP contribution in [0.25, 0.3) is 0 Å². The quantitative estimate of drug-likeness (QED) is 0.760. The molecule has 2 heterocycles. The van der Waals surface area contributed by atoms with Gasteiger partial charge < -0.3 is 14.2 Å². The maximum Gasteiger partial charge on any atom is 0.184 e. The van der Waals surface area contributed by atoms with E-state index in [-0.39, 0.29) is 12.4 Å². The molecule has 1 saturated heterocycles. The smallest absolute Gasteiger partial charge is 0.184 e. The average molecular weight is 244 g/mol. The zero-order valence-corrected chi connectivity index (χ0v) is 10.1. The van der Waals surface area contributed by atoms with Gasteiger partial charge in [0.15, 0.2) is 6.29 Å². The Balaban J connectivity index is 1.52. The van der Waals surface area contributed by atoms with Gasteiger partial charge in [0.1, 0.15) is 6.10 Å². The van der Waals surface area contributed by atoms with Crippen LogP contribution in [0.3, 0.4) is 0 Å². The molecular weight excluding hydrogens is 228 g/mol. The van der Waals surface area contributed by atoms with Crippen molar-refractivity contribution in [3.63, 3.8) is 0 Å². The standard InChI is InChI=1S/C15H16O3/c1-2-4-10(5-3-1)15-17-9-12-11-6-7-16-13(11)8-14(12)18-15/h1-7,11-15H,8-9H2/t11-,12-,13+,14-,15?/m0/s1. The lowest BCUT2D eigenvalue weighted by Gasteiger charge is -2.34. The molecule has 94 valence electrons. The van der Waals surface area contributed by atoms with Gasteiger partial charge in [-0.15, -0.1) is 0 Å². The third-order valence-electron chi connectivity index (χ3n) is 4.23. The van der Waals surface area contributed by atoms with Crippen molar-refractivity contribution in [2.45, 2.75) is 24.9 Å². The van der Waals surface area contributed by atoms with Crippen LogP contribution in [0, 0.1) is 11.8 Å². The molecule has 0 bridgehead atoms. The molecule has 0 radical (unpaired) electrons. The Hall–Kier alpha value is -1.32. The number of hydrogen-bond donors (Lipinski definition) is 0. The molecule has 5 atom stereocenters. The summed E-state index contributed by atoms with van der Waals surface area (Å²) in [6, 6.07) is 10.1. The van der Waals surface area contributed by atoms with Gasteiger partial charge in [0, 0.05) is 23.8 Å². The Morgan fingerprint density at radius 2 is 1.94 bits per heavy atom. The van der Waals surface area contributed by atoms with Crippen molar-refractivity contribution < 1.29 is 14.2 Å².